The number of nitro benzene ring substituents is 1. The second-order valence-corrected chi connectivity index (χ2v) is 5.94. The molecule has 9 heteroatoms. The lowest BCUT2D eigenvalue weighted by Crippen LogP contribution is -2.01. The van der Waals surface area contributed by atoms with E-state index < -0.39 is 4.92 Å². The number of anilines is 1. The molecule has 0 aliphatic rings. The Morgan fingerprint density at radius 1 is 1.60 bits per heavy atom. The second kappa shape index (κ2) is 6.02. The minimum atomic E-state index is -0.570. The summed E-state index contributed by atoms with van der Waals surface area (Å²) in [4.78, 5) is 15.1. The zero-order valence-electron chi connectivity index (χ0n) is 9.87. The number of halogens is 1. The third kappa shape index (κ3) is 3.14. The standard InChI is InChI=1S/C11H7IN4O3S/c12-8-1-6(3-13)2-9(16(17)18)10(8)19-5-7-4-15-11(14)20-7/h1-2,4H,5H2,(H2,14,15). The van der Waals surface area contributed by atoms with Gasteiger partial charge in [-0.15, -0.1) is 0 Å². The van der Waals surface area contributed by atoms with Gasteiger partial charge in [0.05, 0.1) is 25.0 Å². The molecule has 0 atom stereocenters. The molecular weight excluding hydrogens is 395 g/mol. The van der Waals surface area contributed by atoms with Gasteiger partial charge in [-0.05, 0) is 28.7 Å². The van der Waals surface area contributed by atoms with Crippen LogP contribution >= 0.6 is 33.9 Å². The van der Waals surface area contributed by atoms with Gasteiger partial charge in [0.1, 0.15) is 6.61 Å². The van der Waals surface area contributed by atoms with Crippen molar-refractivity contribution in [3.05, 3.63) is 42.5 Å². The first-order valence-corrected chi connectivity index (χ1v) is 7.12. The molecule has 2 N–H and O–H groups in total. The molecule has 102 valence electrons. The summed E-state index contributed by atoms with van der Waals surface area (Å²) in [5.74, 6) is 0.140. The minimum Gasteiger partial charge on any atom is -0.480 e. The summed E-state index contributed by atoms with van der Waals surface area (Å²) in [5.41, 5.74) is 5.49. The molecule has 0 spiro atoms. The lowest BCUT2D eigenvalue weighted by Gasteiger charge is -2.07. The first kappa shape index (κ1) is 14.5. The predicted octanol–water partition coefficient (Wildman–Crippen LogP) is 2.69. The third-order valence-electron chi connectivity index (χ3n) is 2.28. The van der Waals surface area contributed by atoms with E-state index in [9.17, 15) is 10.1 Å². The highest BCUT2D eigenvalue weighted by Crippen LogP contribution is 2.34. The van der Waals surface area contributed by atoms with E-state index in [1.165, 1.54) is 23.5 Å². The number of rotatable bonds is 4. The number of hydrogen-bond acceptors (Lipinski definition) is 7. The number of benzene rings is 1. The largest absolute Gasteiger partial charge is 0.480 e. The maximum atomic E-state index is 11.0. The van der Waals surface area contributed by atoms with Gasteiger partial charge >= 0.3 is 5.69 Å². The Labute approximate surface area is 131 Å². The Hall–Kier alpha value is -1.93. The summed E-state index contributed by atoms with van der Waals surface area (Å²) >= 11 is 3.15. The van der Waals surface area contributed by atoms with Crippen LogP contribution in [0.4, 0.5) is 10.8 Å². The summed E-state index contributed by atoms with van der Waals surface area (Å²) in [6, 6.07) is 4.60. The number of nitrogens with two attached hydrogens (primary N) is 1. The fourth-order valence-electron chi connectivity index (χ4n) is 1.45. The number of nitrogen functional groups attached to an aromatic ring is 1. The van der Waals surface area contributed by atoms with Gasteiger partial charge in [-0.3, -0.25) is 10.1 Å². The van der Waals surface area contributed by atoms with Crippen LogP contribution in [-0.4, -0.2) is 9.91 Å². The van der Waals surface area contributed by atoms with E-state index in [-0.39, 0.29) is 23.6 Å². The van der Waals surface area contributed by atoms with Crippen LogP contribution in [0, 0.1) is 25.0 Å². The minimum absolute atomic E-state index is 0.137. The van der Waals surface area contributed by atoms with Crippen molar-refractivity contribution >= 4 is 44.7 Å². The predicted molar refractivity (Wildman–Crippen MR) is 81.4 cm³/mol. The zero-order valence-corrected chi connectivity index (χ0v) is 12.8. The van der Waals surface area contributed by atoms with E-state index in [1.807, 2.05) is 28.7 Å². The number of ether oxygens (including phenoxy) is 1. The van der Waals surface area contributed by atoms with Gasteiger partial charge in [0.2, 0.25) is 5.75 Å². The number of nitriles is 1. The molecule has 1 aromatic heterocycles. The number of hydrogen-bond donors (Lipinski definition) is 1. The van der Waals surface area contributed by atoms with Crippen molar-refractivity contribution in [3.63, 3.8) is 0 Å². The van der Waals surface area contributed by atoms with Gasteiger partial charge in [-0.2, -0.15) is 5.26 Å². The maximum absolute atomic E-state index is 11.0. The highest BCUT2D eigenvalue weighted by atomic mass is 127. The van der Waals surface area contributed by atoms with Crippen LogP contribution in [0.3, 0.4) is 0 Å². The van der Waals surface area contributed by atoms with E-state index in [0.29, 0.717) is 8.70 Å². The summed E-state index contributed by atoms with van der Waals surface area (Å²) in [6.45, 7) is 0.137. The highest BCUT2D eigenvalue weighted by Gasteiger charge is 2.20. The lowest BCUT2D eigenvalue weighted by atomic mass is 10.2. The second-order valence-electron chi connectivity index (χ2n) is 3.63. The number of nitrogens with zero attached hydrogens (tertiary/aromatic N) is 3. The molecule has 20 heavy (non-hydrogen) atoms. The van der Waals surface area contributed by atoms with Gasteiger partial charge in [0.25, 0.3) is 0 Å². The fraction of sp³-hybridized carbons (Fsp3) is 0.0909. The van der Waals surface area contributed by atoms with Gasteiger partial charge < -0.3 is 10.5 Å². The number of aromatic nitrogens is 1. The molecule has 0 radical (unpaired) electrons. The molecule has 0 saturated carbocycles. The van der Waals surface area contributed by atoms with Crippen LogP contribution in [0.25, 0.3) is 0 Å². The van der Waals surface area contributed by atoms with Crippen LogP contribution in [-0.2, 0) is 6.61 Å². The van der Waals surface area contributed by atoms with E-state index in [2.05, 4.69) is 4.98 Å². The summed E-state index contributed by atoms with van der Waals surface area (Å²) < 4.78 is 5.99. The Kier molecular flexibility index (Phi) is 4.35. The van der Waals surface area contributed by atoms with Crippen LogP contribution < -0.4 is 10.5 Å². The molecule has 0 bridgehead atoms. The first-order chi connectivity index (χ1) is 9.51. The molecule has 2 aromatic rings. The molecule has 2 rings (SSSR count). The fourth-order valence-corrected chi connectivity index (χ4v) is 2.82. The maximum Gasteiger partial charge on any atom is 0.313 e. The Morgan fingerprint density at radius 2 is 2.35 bits per heavy atom. The molecule has 0 amide bonds. The van der Waals surface area contributed by atoms with Crippen LogP contribution in [0.15, 0.2) is 18.3 Å². The molecular formula is C11H7IN4O3S. The van der Waals surface area contributed by atoms with Gasteiger partial charge in [0, 0.05) is 12.3 Å². The summed E-state index contributed by atoms with van der Waals surface area (Å²) in [7, 11) is 0. The van der Waals surface area contributed by atoms with Crippen molar-refractivity contribution in [3.8, 4) is 11.8 Å². The molecule has 0 aliphatic heterocycles. The molecule has 1 heterocycles. The first-order valence-electron chi connectivity index (χ1n) is 5.22. The SMILES string of the molecule is N#Cc1cc(I)c(OCc2cnc(N)s2)c([N+](=O)[O-])c1. The summed E-state index contributed by atoms with van der Waals surface area (Å²) in [5, 5.41) is 20.3. The van der Waals surface area contributed by atoms with Crippen molar-refractivity contribution in [1.29, 1.82) is 5.26 Å². The average molecular weight is 402 g/mol. The molecule has 0 fully saturated rings. The van der Waals surface area contributed by atoms with Gasteiger partial charge in [-0.25, -0.2) is 4.98 Å². The zero-order chi connectivity index (χ0) is 14.7. The lowest BCUT2D eigenvalue weighted by molar-refractivity contribution is -0.386. The van der Waals surface area contributed by atoms with Crippen molar-refractivity contribution in [2.45, 2.75) is 6.61 Å². The highest BCUT2D eigenvalue weighted by molar-refractivity contribution is 14.1. The monoisotopic (exact) mass is 402 g/mol. The Morgan fingerprint density at radius 3 is 2.90 bits per heavy atom. The Balaban J connectivity index is 2.31. The van der Waals surface area contributed by atoms with Crippen LogP contribution in [0.2, 0.25) is 0 Å². The quantitative estimate of drug-likeness (QED) is 0.478. The molecule has 7 nitrogen and oxygen atoms in total. The smallest absolute Gasteiger partial charge is 0.313 e. The van der Waals surface area contributed by atoms with Crippen molar-refractivity contribution in [1.82, 2.24) is 4.98 Å². The van der Waals surface area contributed by atoms with Crippen molar-refractivity contribution < 1.29 is 9.66 Å². The topological polar surface area (TPSA) is 115 Å². The summed E-state index contributed by atoms with van der Waals surface area (Å²) in [6.07, 6.45) is 1.56. The van der Waals surface area contributed by atoms with Gasteiger partial charge in [0.15, 0.2) is 5.13 Å². The molecule has 0 saturated heterocycles. The van der Waals surface area contributed by atoms with E-state index in [4.69, 9.17) is 15.7 Å². The molecule has 1 aromatic carbocycles. The van der Waals surface area contributed by atoms with Crippen molar-refractivity contribution in [2.24, 2.45) is 0 Å². The van der Waals surface area contributed by atoms with Crippen LogP contribution in [0.5, 0.6) is 5.75 Å². The number of thiazole rings is 1. The number of nitro groups is 1. The van der Waals surface area contributed by atoms with Crippen molar-refractivity contribution in [2.75, 3.05) is 5.73 Å². The molecule has 0 unspecified atom stereocenters. The Bertz CT molecular complexity index is 710. The average Bonchev–Trinajstić information content (AvgIpc) is 2.82. The van der Waals surface area contributed by atoms with E-state index in [1.54, 1.807) is 6.20 Å². The molecule has 0 aliphatic carbocycles. The van der Waals surface area contributed by atoms with E-state index >= 15 is 0 Å². The third-order valence-corrected chi connectivity index (χ3v) is 3.88. The normalized spacial score (nSPS) is 10.0. The van der Waals surface area contributed by atoms with E-state index in [0.717, 1.165) is 4.88 Å². The van der Waals surface area contributed by atoms with Crippen LogP contribution in [0.1, 0.15) is 10.4 Å². The van der Waals surface area contributed by atoms with Gasteiger partial charge in [-0.1, -0.05) is 11.3 Å².